The van der Waals surface area contributed by atoms with E-state index in [4.69, 9.17) is 39.5 Å². The second-order valence-electron chi connectivity index (χ2n) is 7.23. The van der Waals surface area contributed by atoms with Gasteiger partial charge in [-0.3, -0.25) is 0 Å². The zero-order valence-electron chi connectivity index (χ0n) is 16.4. The molecule has 1 aliphatic rings. The van der Waals surface area contributed by atoms with Crippen LogP contribution < -0.4 is 0 Å². The molecule has 2 heterocycles. The molecule has 0 spiro atoms. The fourth-order valence-corrected chi connectivity index (χ4v) is 4.99. The summed E-state index contributed by atoms with van der Waals surface area (Å²) in [6.07, 6.45) is -2.39. The first-order valence-electron chi connectivity index (χ1n) is 9.50. The molecule has 0 amide bonds. The first-order chi connectivity index (χ1) is 15.7. The molecule has 1 aliphatic heterocycles. The Balaban J connectivity index is 1.63. The van der Waals surface area contributed by atoms with Gasteiger partial charge in [-0.1, -0.05) is 51.8 Å². The summed E-state index contributed by atoms with van der Waals surface area (Å²) >= 11 is 18.6. The van der Waals surface area contributed by atoms with Gasteiger partial charge in [0.1, 0.15) is 52.1 Å². The van der Waals surface area contributed by atoms with Crippen LogP contribution in [0.1, 0.15) is 6.04 Å². The van der Waals surface area contributed by atoms with Gasteiger partial charge in [0.15, 0.2) is 0 Å². The number of nitrogens with zero attached hydrogens (tertiary/aromatic N) is 3. The van der Waals surface area contributed by atoms with Crippen molar-refractivity contribution in [1.29, 1.82) is 0 Å². The van der Waals surface area contributed by atoms with Gasteiger partial charge in [-0.2, -0.15) is 0 Å². The number of thioether (sulfide) groups is 1. The second-order valence-corrected chi connectivity index (χ2v) is 9.59. The molecule has 5 atom stereocenters. The minimum absolute atomic E-state index is 0.0668. The zero-order chi connectivity index (χ0) is 23.9. The third kappa shape index (κ3) is 4.98. The highest BCUT2D eigenvalue weighted by atomic mass is 35.5. The number of rotatable bonds is 5. The van der Waals surface area contributed by atoms with Crippen molar-refractivity contribution in [2.75, 3.05) is 6.61 Å². The molecule has 0 aliphatic carbocycles. The maximum absolute atomic E-state index is 13.8. The highest BCUT2D eigenvalue weighted by Crippen LogP contribution is 2.39. The molecular formula is C20H16Cl3F2N3O4S. The topological polar surface area (TPSA) is 101 Å². The molecule has 33 heavy (non-hydrogen) atoms. The van der Waals surface area contributed by atoms with Crippen LogP contribution in [-0.4, -0.2) is 60.7 Å². The van der Waals surface area contributed by atoms with E-state index in [2.05, 4.69) is 10.3 Å². The lowest BCUT2D eigenvalue weighted by atomic mass is 9.97. The third-order valence-corrected chi connectivity index (χ3v) is 7.34. The van der Waals surface area contributed by atoms with Gasteiger partial charge >= 0.3 is 0 Å². The number of aliphatic hydroxyl groups excluding tert-OH is 3. The van der Waals surface area contributed by atoms with Crippen LogP contribution in [0.4, 0.5) is 8.78 Å². The molecule has 2 aromatic carbocycles. The van der Waals surface area contributed by atoms with Crippen molar-refractivity contribution in [2.45, 2.75) is 34.7 Å². The van der Waals surface area contributed by atoms with Crippen LogP contribution in [0.2, 0.25) is 15.1 Å². The van der Waals surface area contributed by atoms with E-state index in [-0.39, 0.29) is 11.3 Å². The van der Waals surface area contributed by atoms with Gasteiger partial charge in [0.2, 0.25) is 0 Å². The lowest BCUT2D eigenvalue weighted by Gasteiger charge is -2.41. The van der Waals surface area contributed by atoms with E-state index >= 15 is 0 Å². The Morgan fingerprint density at radius 1 is 1.03 bits per heavy atom. The van der Waals surface area contributed by atoms with Crippen molar-refractivity contribution >= 4 is 46.6 Å². The van der Waals surface area contributed by atoms with Crippen LogP contribution in [0.25, 0.3) is 11.3 Å². The summed E-state index contributed by atoms with van der Waals surface area (Å²) < 4.78 is 34.5. The maximum Gasteiger partial charge on any atom is 0.145 e. The first kappa shape index (κ1) is 24.6. The largest absolute Gasteiger partial charge is 0.394 e. The van der Waals surface area contributed by atoms with E-state index in [1.165, 1.54) is 10.9 Å². The Morgan fingerprint density at radius 2 is 1.73 bits per heavy atom. The van der Waals surface area contributed by atoms with Gasteiger partial charge < -0.3 is 20.1 Å². The van der Waals surface area contributed by atoms with Crippen LogP contribution in [-0.2, 0) is 4.74 Å². The van der Waals surface area contributed by atoms with E-state index in [0.29, 0.717) is 14.9 Å². The van der Waals surface area contributed by atoms with E-state index in [9.17, 15) is 24.1 Å². The summed E-state index contributed by atoms with van der Waals surface area (Å²) in [5.41, 5.74) is -0.771. The van der Waals surface area contributed by atoms with Crippen LogP contribution in [0, 0.1) is 11.6 Å². The van der Waals surface area contributed by atoms with E-state index in [1.54, 1.807) is 18.2 Å². The Morgan fingerprint density at radius 3 is 2.36 bits per heavy atom. The van der Waals surface area contributed by atoms with E-state index in [1.807, 2.05) is 0 Å². The Kier molecular flexibility index (Phi) is 7.47. The summed E-state index contributed by atoms with van der Waals surface area (Å²) in [5.74, 6) is -1.93. The van der Waals surface area contributed by atoms with Crippen LogP contribution >= 0.6 is 46.6 Å². The molecule has 4 rings (SSSR count). The highest BCUT2D eigenvalue weighted by Gasteiger charge is 2.46. The molecular weight excluding hydrogens is 523 g/mol. The lowest BCUT2D eigenvalue weighted by molar-refractivity contribution is -0.178. The standard InChI is InChI=1S/C20H16Cl3F2N3O4S/c21-10-2-1-9(5-11(10)22)33-20-19(31)17(18(30)15(7-29)32-20)28-6-14(26-27-28)8-3-12(24)16(23)13(25)4-8/h1-6,15,17-20,29-31H,7H2. The van der Waals surface area contributed by atoms with Crippen molar-refractivity contribution in [2.24, 2.45) is 0 Å². The molecule has 176 valence electrons. The molecule has 3 N–H and O–H groups in total. The normalized spacial score (nSPS) is 25.4. The number of aliphatic hydroxyl groups is 3. The van der Waals surface area contributed by atoms with Crippen molar-refractivity contribution in [3.63, 3.8) is 0 Å². The van der Waals surface area contributed by atoms with E-state index in [0.717, 1.165) is 23.9 Å². The second kappa shape index (κ2) is 10.0. The fraction of sp³-hybridized carbons (Fsp3) is 0.300. The lowest BCUT2D eigenvalue weighted by Crippen LogP contribution is -2.55. The summed E-state index contributed by atoms with van der Waals surface area (Å²) in [6, 6.07) is 5.77. The molecule has 1 saturated heterocycles. The average Bonchev–Trinajstić information content (AvgIpc) is 3.26. The molecule has 1 fully saturated rings. The summed E-state index contributed by atoms with van der Waals surface area (Å²) in [4.78, 5) is 0.631. The van der Waals surface area contributed by atoms with Gasteiger partial charge in [0, 0.05) is 10.5 Å². The average molecular weight is 539 g/mol. The molecule has 0 bridgehead atoms. The van der Waals surface area contributed by atoms with Crippen LogP contribution in [0.5, 0.6) is 0 Å². The Labute approximate surface area is 205 Å². The number of halogens is 5. The number of hydrogen-bond acceptors (Lipinski definition) is 7. The molecule has 3 aromatic rings. The zero-order valence-corrected chi connectivity index (χ0v) is 19.5. The SMILES string of the molecule is OCC1OC(Sc2ccc(Cl)c(Cl)c2)C(O)C(n2cc(-c3cc(F)c(Cl)c(F)c3)nn2)C1O. The molecule has 0 saturated carbocycles. The van der Waals surface area contributed by atoms with Gasteiger partial charge in [0.25, 0.3) is 0 Å². The van der Waals surface area contributed by atoms with Gasteiger partial charge in [-0.05, 0) is 30.3 Å². The van der Waals surface area contributed by atoms with Crippen molar-refractivity contribution < 1.29 is 28.8 Å². The molecule has 1 aromatic heterocycles. The maximum atomic E-state index is 13.8. The first-order valence-corrected chi connectivity index (χ1v) is 11.5. The van der Waals surface area contributed by atoms with Gasteiger partial charge in [0.05, 0.1) is 22.8 Å². The molecule has 7 nitrogen and oxygen atoms in total. The number of aromatic nitrogens is 3. The minimum Gasteiger partial charge on any atom is -0.394 e. The monoisotopic (exact) mass is 537 g/mol. The Hall–Kier alpha value is -1.50. The minimum atomic E-state index is -1.36. The van der Waals surface area contributed by atoms with Gasteiger partial charge in [-0.15, -0.1) is 5.10 Å². The smallest absolute Gasteiger partial charge is 0.145 e. The number of ether oxygens (including phenoxy) is 1. The van der Waals surface area contributed by atoms with Crippen LogP contribution in [0.15, 0.2) is 41.4 Å². The summed E-state index contributed by atoms with van der Waals surface area (Å²) in [5, 5.41) is 39.2. The fourth-order valence-electron chi connectivity index (χ4n) is 3.42. The third-order valence-electron chi connectivity index (χ3n) is 5.09. The predicted octanol–water partition coefficient (Wildman–Crippen LogP) is 3.96. The molecule has 5 unspecified atom stereocenters. The predicted molar refractivity (Wildman–Crippen MR) is 120 cm³/mol. The highest BCUT2D eigenvalue weighted by molar-refractivity contribution is 7.99. The number of hydrogen-bond donors (Lipinski definition) is 3. The van der Waals surface area contributed by atoms with Gasteiger partial charge in [-0.25, -0.2) is 13.5 Å². The molecule has 0 radical (unpaired) electrons. The Bertz CT molecular complexity index is 1150. The summed E-state index contributed by atoms with van der Waals surface area (Å²) in [6.45, 7) is -0.530. The van der Waals surface area contributed by atoms with Crippen molar-refractivity contribution in [3.8, 4) is 11.3 Å². The molecule has 13 heteroatoms. The van der Waals surface area contributed by atoms with Crippen LogP contribution in [0.3, 0.4) is 0 Å². The van der Waals surface area contributed by atoms with Crippen molar-refractivity contribution in [1.82, 2.24) is 15.0 Å². The van der Waals surface area contributed by atoms with Crippen molar-refractivity contribution in [3.05, 3.63) is 63.2 Å². The summed E-state index contributed by atoms with van der Waals surface area (Å²) in [7, 11) is 0. The van der Waals surface area contributed by atoms with E-state index < -0.39 is 53.1 Å². The quantitative estimate of drug-likeness (QED) is 0.423. The number of benzene rings is 2.